The van der Waals surface area contributed by atoms with Gasteiger partial charge in [-0.1, -0.05) is 6.07 Å². The highest BCUT2D eigenvalue weighted by atomic mass is 19.1. The summed E-state index contributed by atoms with van der Waals surface area (Å²) in [5, 5.41) is 6.07. The van der Waals surface area contributed by atoms with E-state index in [9.17, 15) is 9.18 Å². The van der Waals surface area contributed by atoms with E-state index >= 15 is 0 Å². The Bertz CT molecular complexity index is 449. The van der Waals surface area contributed by atoms with E-state index in [1.165, 1.54) is 13.2 Å². The van der Waals surface area contributed by atoms with E-state index in [0.29, 0.717) is 13.0 Å². The Morgan fingerprint density at radius 3 is 2.65 bits per heavy atom. The molecule has 0 aliphatic carbocycles. The van der Waals surface area contributed by atoms with Crippen molar-refractivity contribution in [3.8, 4) is 5.75 Å². The van der Waals surface area contributed by atoms with Crippen molar-refractivity contribution in [2.75, 3.05) is 13.7 Å². The van der Waals surface area contributed by atoms with Gasteiger partial charge in [-0.15, -0.1) is 0 Å². The lowest BCUT2D eigenvalue weighted by molar-refractivity contribution is -0.121. The average molecular weight is 282 g/mol. The van der Waals surface area contributed by atoms with Gasteiger partial charge in [0.25, 0.3) is 0 Å². The van der Waals surface area contributed by atoms with Gasteiger partial charge < -0.3 is 15.4 Å². The molecule has 0 fully saturated rings. The van der Waals surface area contributed by atoms with Crippen molar-refractivity contribution < 1.29 is 13.9 Å². The predicted octanol–water partition coefficient (Wildman–Crippen LogP) is 2.40. The van der Waals surface area contributed by atoms with Crippen molar-refractivity contribution in [3.05, 3.63) is 29.6 Å². The highest BCUT2D eigenvalue weighted by Crippen LogP contribution is 2.22. The minimum atomic E-state index is -0.375. The van der Waals surface area contributed by atoms with Crippen LogP contribution in [0, 0.1) is 5.82 Å². The van der Waals surface area contributed by atoms with Crippen molar-refractivity contribution in [2.45, 2.75) is 39.3 Å². The number of ether oxygens (including phenoxy) is 1. The number of rotatable bonds is 7. The molecule has 0 aromatic heterocycles. The number of amides is 1. The normalized spacial score (nSPS) is 12.3. The smallest absolute Gasteiger partial charge is 0.221 e. The minimum Gasteiger partial charge on any atom is -0.494 e. The summed E-state index contributed by atoms with van der Waals surface area (Å²) in [6.07, 6.45) is 0.418. The lowest BCUT2D eigenvalue weighted by atomic mass is 10.1. The zero-order valence-electron chi connectivity index (χ0n) is 12.5. The standard InChI is InChI=1S/C15H23FN2O2/c1-10(2)18-15(19)7-8-17-11(3)12-5-6-13(16)14(9-12)20-4/h5-6,9-11,17H,7-8H2,1-4H3,(H,18,19). The molecule has 112 valence electrons. The maximum Gasteiger partial charge on any atom is 0.221 e. The molecular weight excluding hydrogens is 259 g/mol. The SMILES string of the molecule is COc1cc(C(C)NCCC(=O)NC(C)C)ccc1F. The number of carbonyl (C=O) groups excluding carboxylic acids is 1. The molecule has 0 heterocycles. The van der Waals surface area contributed by atoms with Crippen molar-refractivity contribution >= 4 is 5.91 Å². The van der Waals surface area contributed by atoms with Gasteiger partial charge in [-0.2, -0.15) is 0 Å². The molecule has 1 atom stereocenters. The molecule has 1 amide bonds. The van der Waals surface area contributed by atoms with Crippen LogP contribution in [0.3, 0.4) is 0 Å². The van der Waals surface area contributed by atoms with E-state index in [4.69, 9.17) is 4.74 Å². The molecule has 1 rings (SSSR count). The fourth-order valence-electron chi connectivity index (χ4n) is 1.86. The topological polar surface area (TPSA) is 50.4 Å². The zero-order valence-corrected chi connectivity index (χ0v) is 12.5. The fourth-order valence-corrected chi connectivity index (χ4v) is 1.86. The van der Waals surface area contributed by atoms with Gasteiger partial charge in [0.2, 0.25) is 5.91 Å². The van der Waals surface area contributed by atoms with Crippen molar-refractivity contribution in [2.24, 2.45) is 0 Å². The quantitative estimate of drug-likeness (QED) is 0.807. The van der Waals surface area contributed by atoms with Gasteiger partial charge in [0.1, 0.15) is 0 Å². The third kappa shape index (κ3) is 5.17. The second kappa shape index (κ2) is 7.85. The molecule has 1 unspecified atom stereocenters. The van der Waals surface area contributed by atoms with Crippen LogP contribution in [0.4, 0.5) is 4.39 Å². The van der Waals surface area contributed by atoms with Crippen molar-refractivity contribution in [1.29, 1.82) is 0 Å². The Hall–Kier alpha value is -1.62. The van der Waals surface area contributed by atoms with Crippen LogP contribution in [0.2, 0.25) is 0 Å². The molecule has 0 spiro atoms. The number of hydrogen-bond acceptors (Lipinski definition) is 3. The summed E-state index contributed by atoms with van der Waals surface area (Å²) >= 11 is 0. The summed E-state index contributed by atoms with van der Waals surface area (Å²) in [6, 6.07) is 4.94. The minimum absolute atomic E-state index is 0.0244. The number of carbonyl (C=O) groups is 1. The van der Waals surface area contributed by atoms with Crippen LogP contribution in [-0.2, 0) is 4.79 Å². The molecular formula is C15H23FN2O2. The summed E-state index contributed by atoms with van der Waals surface area (Å²) in [5.74, 6) is -0.121. The lowest BCUT2D eigenvalue weighted by Gasteiger charge is -2.15. The molecule has 0 aliphatic rings. The monoisotopic (exact) mass is 282 g/mol. The second-order valence-electron chi connectivity index (χ2n) is 5.04. The molecule has 0 bridgehead atoms. The van der Waals surface area contributed by atoms with E-state index in [0.717, 1.165) is 5.56 Å². The molecule has 2 N–H and O–H groups in total. The first-order valence-electron chi connectivity index (χ1n) is 6.80. The van der Waals surface area contributed by atoms with Crippen LogP contribution in [-0.4, -0.2) is 25.6 Å². The van der Waals surface area contributed by atoms with E-state index in [-0.39, 0.29) is 29.6 Å². The number of benzene rings is 1. The summed E-state index contributed by atoms with van der Waals surface area (Å²) < 4.78 is 18.3. The van der Waals surface area contributed by atoms with Crippen molar-refractivity contribution in [3.63, 3.8) is 0 Å². The van der Waals surface area contributed by atoms with Crippen LogP contribution in [0.5, 0.6) is 5.75 Å². The Kier molecular flexibility index (Phi) is 6.45. The number of methoxy groups -OCH3 is 1. The number of hydrogen-bond donors (Lipinski definition) is 2. The van der Waals surface area contributed by atoms with Gasteiger partial charge >= 0.3 is 0 Å². The number of nitrogens with one attached hydrogen (secondary N) is 2. The Balaban J connectivity index is 2.47. The van der Waals surface area contributed by atoms with Gasteiger partial charge in [0, 0.05) is 25.0 Å². The highest BCUT2D eigenvalue weighted by molar-refractivity contribution is 5.76. The third-order valence-electron chi connectivity index (χ3n) is 2.93. The Morgan fingerprint density at radius 1 is 1.35 bits per heavy atom. The molecule has 5 heteroatoms. The van der Waals surface area contributed by atoms with Crippen LogP contribution >= 0.6 is 0 Å². The molecule has 0 saturated carbocycles. The third-order valence-corrected chi connectivity index (χ3v) is 2.93. The second-order valence-corrected chi connectivity index (χ2v) is 5.04. The van der Waals surface area contributed by atoms with Crippen molar-refractivity contribution in [1.82, 2.24) is 10.6 Å². The van der Waals surface area contributed by atoms with Gasteiger partial charge in [0.15, 0.2) is 11.6 Å². The van der Waals surface area contributed by atoms with Gasteiger partial charge in [-0.05, 0) is 38.5 Å². The Morgan fingerprint density at radius 2 is 2.05 bits per heavy atom. The largest absolute Gasteiger partial charge is 0.494 e. The maximum absolute atomic E-state index is 13.3. The molecule has 20 heavy (non-hydrogen) atoms. The summed E-state index contributed by atoms with van der Waals surface area (Å²) in [4.78, 5) is 11.5. The first kappa shape index (κ1) is 16.4. The summed E-state index contributed by atoms with van der Waals surface area (Å²) in [6.45, 7) is 6.39. The van der Waals surface area contributed by atoms with E-state index in [1.807, 2.05) is 20.8 Å². The fraction of sp³-hybridized carbons (Fsp3) is 0.533. The molecule has 1 aromatic rings. The highest BCUT2D eigenvalue weighted by Gasteiger charge is 2.10. The maximum atomic E-state index is 13.3. The van der Waals surface area contributed by atoms with E-state index in [1.54, 1.807) is 12.1 Å². The zero-order chi connectivity index (χ0) is 15.1. The van der Waals surface area contributed by atoms with E-state index in [2.05, 4.69) is 10.6 Å². The average Bonchev–Trinajstić information content (AvgIpc) is 2.38. The molecule has 0 aliphatic heterocycles. The van der Waals surface area contributed by atoms with Crippen LogP contribution in [0.1, 0.15) is 38.8 Å². The first-order chi connectivity index (χ1) is 9.43. The van der Waals surface area contributed by atoms with Crippen LogP contribution in [0.15, 0.2) is 18.2 Å². The van der Waals surface area contributed by atoms with Crippen LogP contribution < -0.4 is 15.4 Å². The molecule has 0 radical (unpaired) electrons. The predicted molar refractivity (Wildman–Crippen MR) is 77.3 cm³/mol. The molecule has 0 saturated heterocycles. The lowest BCUT2D eigenvalue weighted by Crippen LogP contribution is -2.33. The molecule has 4 nitrogen and oxygen atoms in total. The molecule has 1 aromatic carbocycles. The van der Waals surface area contributed by atoms with Gasteiger partial charge in [-0.25, -0.2) is 4.39 Å². The number of halogens is 1. The first-order valence-corrected chi connectivity index (χ1v) is 6.80. The van der Waals surface area contributed by atoms with E-state index < -0.39 is 0 Å². The van der Waals surface area contributed by atoms with Gasteiger partial charge in [0.05, 0.1) is 7.11 Å². The van der Waals surface area contributed by atoms with Crippen LogP contribution in [0.25, 0.3) is 0 Å². The van der Waals surface area contributed by atoms with Gasteiger partial charge in [-0.3, -0.25) is 4.79 Å². The summed E-state index contributed by atoms with van der Waals surface area (Å²) in [7, 11) is 1.44. The summed E-state index contributed by atoms with van der Waals surface area (Å²) in [5.41, 5.74) is 0.924. The Labute approximate surface area is 119 Å².